The molecule has 1 atom stereocenters. The first-order chi connectivity index (χ1) is 22.2. The van der Waals surface area contributed by atoms with Crippen LogP contribution < -0.4 is 15.4 Å². The van der Waals surface area contributed by atoms with Crippen molar-refractivity contribution in [3.63, 3.8) is 0 Å². The van der Waals surface area contributed by atoms with E-state index in [1.54, 1.807) is 29.0 Å². The van der Waals surface area contributed by atoms with E-state index in [1.165, 1.54) is 18.2 Å². The number of aromatic nitrogens is 5. The van der Waals surface area contributed by atoms with Gasteiger partial charge in [-0.15, -0.1) is 0 Å². The molecule has 5 aromatic rings. The molecule has 7 rings (SSSR count). The number of likely N-dealkylation sites (tertiary alicyclic amines) is 1. The molecule has 0 bridgehead atoms. The minimum absolute atomic E-state index is 0.0627. The smallest absolute Gasteiger partial charge is 0.319 e. The number of nitrogens with zero attached hydrogens (tertiary/aromatic N) is 8. The zero-order valence-corrected chi connectivity index (χ0v) is 26.4. The fraction of sp³-hybridized carbons (Fsp3) is 0.344. The van der Waals surface area contributed by atoms with Gasteiger partial charge in [0.1, 0.15) is 23.8 Å². The van der Waals surface area contributed by atoms with E-state index in [9.17, 15) is 9.18 Å². The lowest BCUT2D eigenvalue weighted by Crippen LogP contribution is -2.48. The summed E-state index contributed by atoms with van der Waals surface area (Å²) in [5.74, 6) is -0.742. The van der Waals surface area contributed by atoms with E-state index in [0.29, 0.717) is 60.7 Å². The number of nitrogens with two attached hydrogens (primary N) is 1. The van der Waals surface area contributed by atoms with E-state index >= 15 is 4.39 Å². The Hall–Kier alpha value is -4.69. The molecule has 3 aromatic heterocycles. The van der Waals surface area contributed by atoms with Crippen molar-refractivity contribution in [1.29, 1.82) is 0 Å². The number of likely N-dealkylation sites (N-methyl/N-ethyl adjacent to an activating group) is 1. The van der Waals surface area contributed by atoms with Crippen molar-refractivity contribution in [3.05, 3.63) is 54.9 Å². The van der Waals surface area contributed by atoms with Crippen LogP contribution in [0.4, 0.5) is 19.7 Å². The van der Waals surface area contributed by atoms with E-state index in [1.807, 2.05) is 11.0 Å². The van der Waals surface area contributed by atoms with Gasteiger partial charge in [0.2, 0.25) is 5.91 Å². The molecule has 14 heteroatoms. The number of halogens is 2. The Morgan fingerprint density at radius 1 is 1.11 bits per heavy atom. The Kier molecular flexibility index (Phi) is 7.77. The molecule has 11 nitrogen and oxygen atoms in total. The number of benzene rings is 2. The number of hydrogen-bond acceptors (Lipinski definition) is 10. The van der Waals surface area contributed by atoms with E-state index in [-0.39, 0.29) is 44.4 Å². The Bertz CT molecular complexity index is 1990. The number of amides is 1. The standard InChI is InChI=1S/C32H33F2N9O2S/c1-4-24(44)42-10-12-43(13-11-42)30-22-14-21(18-15-36-41(3)16-18)25(20-7-8-23(33)29-28(20)37-31(35)46-29)26(34)27(22)38-32(39-30)45-17-19-6-5-9-40(19)2/h4,7-8,14-16,19H,1,5-6,9-13,17H2,2-3H3,(H2,35,37)/t19-/m0/s1. The highest BCUT2D eigenvalue weighted by Gasteiger charge is 2.29. The number of aryl methyl sites for hydroxylation is 1. The van der Waals surface area contributed by atoms with Gasteiger partial charge in [0.05, 0.1) is 16.4 Å². The number of carbonyl (C=O) groups is 1. The largest absolute Gasteiger partial charge is 0.462 e. The maximum Gasteiger partial charge on any atom is 0.319 e. The Morgan fingerprint density at radius 2 is 1.91 bits per heavy atom. The van der Waals surface area contributed by atoms with Crippen LogP contribution in [-0.2, 0) is 11.8 Å². The number of thiazole rings is 1. The number of ether oxygens (including phenoxy) is 1. The van der Waals surface area contributed by atoms with Crippen LogP contribution >= 0.6 is 11.3 Å². The second kappa shape index (κ2) is 11.9. The Balaban J connectivity index is 1.43. The number of carbonyl (C=O) groups excluding carboxylic acids is 1. The second-order valence-corrected chi connectivity index (χ2v) is 12.7. The van der Waals surface area contributed by atoms with Gasteiger partial charge in [-0.3, -0.25) is 9.48 Å². The summed E-state index contributed by atoms with van der Waals surface area (Å²) in [7, 11) is 3.83. The van der Waals surface area contributed by atoms with Gasteiger partial charge in [-0.05, 0) is 56.3 Å². The van der Waals surface area contributed by atoms with Crippen LogP contribution in [0.5, 0.6) is 6.01 Å². The molecule has 46 heavy (non-hydrogen) atoms. The molecule has 0 saturated carbocycles. The number of anilines is 2. The van der Waals surface area contributed by atoms with Crippen LogP contribution in [0.2, 0.25) is 0 Å². The number of nitrogen functional groups attached to an aromatic ring is 1. The minimum atomic E-state index is -0.622. The summed E-state index contributed by atoms with van der Waals surface area (Å²) in [4.78, 5) is 32.1. The van der Waals surface area contributed by atoms with Crippen molar-refractivity contribution < 1.29 is 18.3 Å². The molecule has 2 fully saturated rings. The molecule has 2 N–H and O–H groups in total. The van der Waals surface area contributed by atoms with Crippen molar-refractivity contribution in [3.8, 4) is 28.3 Å². The van der Waals surface area contributed by atoms with Gasteiger partial charge in [-0.1, -0.05) is 17.9 Å². The monoisotopic (exact) mass is 645 g/mol. The fourth-order valence-electron chi connectivity index (χ4n) is 6.37. The third-order valence-electron chi connectivity index (χ3n) is 8.83. The quantitative estimate of drug-likeness (QED) is 0.256. The third kappa shape index (κ3) is 5.30. The van der Waals surface area contributed by atoms with Gasteiger partial charge in [-0.25, -0.2) is 13.8 Å². The van der Waals surface area contributed by atoms with Gasteiger partial charge in [-0.2, -0.15) is 15.1 Å². The van der Waals surface area contributed by atoms with Crippen LogP contribution in [0, 0.1) is 11.6 Å². The zero-order chi connectivity index (χ0) is 32.1. The lowest BCUT2D eigenvalue weighted by atomic mass is 9.92. The van der Waals surface area contributed by atoms with Crippen LogP contribution in [0.25, 0.3) is 43.4 Å². The number of hydrogen-bond donors (Lipinski definition) is 1. The summed E-state index contributed by atoms with van der Waals surface area (Å²) in [6.45, 7) is 6.80. The summed E-state index contributed by atoms with van der Waals surface area (Å²) < 4.78 is 40.2. The van der Waals surface area contributed by atoms with Crippen LogP contribution in [-0.4, -0.2) is 92.9 Å². The minimum Gasteiger partial charge on any atom is -0.462 e. The first kappa shape index (κ1) is 30.0. The average molecular weight is 646 g/mol. The normalized spacial score (nSPS) is 17.3. The molecule has 2 aliphatic rings. The molecule has 0 aliphatic carbocycles. The van der Waals surface area contributed by atoms with Crippen LogP contribution in [0.1, 0.15) is 12.8 Å². The Morgan fingerprint density at radius 3 is 2.61 bits per heavy atom. The highest BCUT2D eigenvalue weighted by atomic mass is 32.1. The average Bonchev–Trinajstić information content (AvgIpc) is 3.79. The van der Waals surface area contributed by atoms with E-state index < -0.39 is 11.6 Å². The summed E-state index contributed by atoms with van der Waals surface area (Å²) in [5, 5.41) is 4.99. The molecule has 238 valence electrons. The zero-order valence-electron chi connectivity index (χ0n) is 25.5. The Labute approximate surface area is 267 Å². The first-order valence-electron chi connectivity index (χ1n) is 15.1. The molecule has 2 aromatic carbocycles. The second-order valence-electron chi connectivity index (χ2n) is 11.7. The van der Waals surface area contributed by atoms with Crippen molar-refractivity contribution in [2.45, 2.75) is 18.9 Å². The van der Waals surface area contributed by atoms with Gasteiger partial charge in [0.25, 0.3) is 0 Å². The first-order valence-corrected chi connectivity index (χ1v) is 15.9. The number of fused-ring (bicyclic) bond motifs is 2. The maximum atomic E-state index is 17.3. The van der Waals surface area contributed by atoms with Crippen molar-refractivity contribution in [1.82, 2.24) is 34.5 Å². The molecule has 0 unspecified atom stereocenters. The third-order valence-corrected chi connectivity index (χ3v) is 9.72. The molecule has 2 aliphatic heterocycles. The lowest BCUT2D eigenvalue weighted by Gasteiger charge is -2.35. The van der Waals surface area contributed by atoms with E-state index in [0.717, 1.165) is 30.7 Å². The molecular formula is C32H33F2N9O2S. The molecular weight excluding hydrogens is 612 g/mol. The predicted octanol–water partition coefficient (Wildman–Crippen LogP) is 4.48. The molecule has 2 saturated heterocycles. The van der Waals surface area contributed by atoms with Gasteiger partial charge in [0, 0.05) is 67.5 Å². The predicted molar refractivity (Wildman–Crippen MR) is 175 cm³/mol. The molecule has 5 heterocycles. The number of rotatable bonds is 7. The number of piperazine rings is 1. The SMILES string of the molecule is C=CC(=O)N1CCN(c2nc(OC[C@@H]3CCCN3C)nc3c(F)c(-c4ccc(F)c5sc(N)nc45)c(-c4cnn(C)c4)cc23)CC1. The van der Waals surface area contributed by atoms with E-state index in [4.69, 9.17) is 15.5 Å². The van der Waals surface area contributed by atoms with Gasteiger partial charge < -0.3 is 25.2 Å². The summed E-state index contributed by atoms with van der Waals surface area (Å²) in [5.41, 5.74) is 8.08. The summed E-state index contributed by atoms with van der Waals surface area (Å²) in [6.07, 6.45) is 6.80. The molecule has 0 spiro atoms. The van der Waals surface area contributed by atoms with Crippen LogP contribution in [0.15, 0.2) is 43.2 Å². The summed E-state index contributed by atoms with van der Waals surface area (Å²) >= 11 is 1.01. The van der Waals surface area contributed by atoms with Crippen LogP contribution in [0.3, 0.4) is 0 Å². The molecule has 0 radical (unpaired) electrons. The highest BCUT2D eigenvalue weighted by Crippen LogP contribution is 2.44. The highest BCUT2D eigenvalue weighted by molar-refractivity contribution is 7.22. The van der Waals surface area contributed by atoms with Gasteiger partial charge >= 0.3 is 6.01 Å². The summed E-state index contributed by atoms with van der Waals surface area (Å²) in [6, 6.07) is 4.93. The van der Waals surface area contributed by atoms with Crippen molar-refractivity contribution in [2.75, 3.05) is 57.0 Å². The molecule has 1 amide bonds. The topological polar surface area (TPSA) is 119 Å². The van der Waals surface area contributed by atoms with Crippen molar-refractivity contribution in [2.24, 2.45) is 7.05 Å². The maximum absolute atomic E-state index is 17.3. The van der Waals surface area contributed by atoms with Crippen molar-refractivity contribution >= 4 is 49.3 Å². The lowest BCUT2D eigenvalue weighted by molar-refractivity contribution is -0.126. The van der Waals surface area contributed by atoms with Gasteiger partial charge in [0.15, 0.2) is 10.9 Å². The fourth-order valence-corrected chi connectivity index (χ4v) is 7.13. The van der Waals surface area contributed by atoms with E-state index in [2.05, 4.69) is 33.6 Å².